The van der Waals surface area contributed by atoms with E-state index in [2.05, 4.69) is 6.92 Å². The lowest BCUT2D eigenvalue weighted by Crippen LogP contribution is -2.45. The fourth-order valence-electron chi connectivity index (χ4n) is 6.62. The van der Waals surface area contributed by atoms with Gasteiger partial charge in [0, 0.05) is 18.4 Å². The quantitative estimate of drug-likeness (QED) is 0.354. The number of rotatable bonds is 7. The summed E-state index contributed by atoms with van der Waals surface area (Å²) in [5.74, 6) is 1.46. The summed E-state index contributed by atoms with van der Waals surface area (Å²) in [6.45, 7) is 2.30. The van der Waals surface area contributed by atoms with Gasteiger partial charge in [0.05, 0.1) is 18.8 Å². The van der Waals surface area contributed by atoms with Gasteiger partial charge < -0.3 is 19.7 Å². The second kappa shape index (κ2) is 10.7. The largest absolute Gasteiger partial charge is 0.508 e. The minimum absolute atomic E-state index is 0.0105. The van der Waals surface area contributed by atoms with Crippen LogP contribution in [0.15, 0.2) is 48.5 Å². The molecule has 1 saturated heterocycles. The van der Waals surface area contributed by atoms with Crippen LogP contribution in [0.1, 0.15) is 70.3 Å². The van der Waals surface area contributed by atoms with Gasteiger partial charge in [-0.05, 0) is 84.2 Å². The van der Waals surface area contributed by atoms with E-state index >= 15 is 0 Å². The van der Waals surface area contributed by atoms with Crippen molar-refractivity contribution in [1.29, 1.82) is 0 Å². The molecule has 1 aliphatic heterocycles. The van der Waals surface area contributed by atoms with E-state index in [1.165, 1.54) is 19.3 Å². The van der Waals surface area contributed by atoms with Gasteiger partial charge >= 0.3 is 0 Å². The Hall–Kier alpha value is -3.05. The average Bonchev–Trinajstić information content (AvgIpc) is 2.87. The Kier molecular flexibility index (Phi) is 7.43. The first-order valence-electron chi connectivity index (χ1n) is 13.7. The number of carbonyl (C=O) groups is 1. The van der Waals surface area contributed by atoms with Crippen molar-refractivity contribution in [2.75, 3.05) is 7.11 Å². The number of hydrogen-bond donors (Lipinski definition) is 2. The Bertz CT molecular complexity index is 1270. The molecule has 1 spiro atoms. The topological polar surface area (TPSA) is 76.0 Å². The highest BCUT2D eigenvalue weighted by Gasteiger charge is 2.41. The first-order chi connectivity index (χ1) is 17.9. The lowest BCUT2D eigenvalue weighted by molar-refractivity contribution is -0.164. The lowest BCUT2D eigenvalue weighted by Gasteiger charge is -2.46. The Morgan fingerprint density at radius 1 is 1.03 bits per heavy atom. The number of aryl methyl sites for hydroxylation is 1. The van der Waals surface area contributed by atoms with E-state index in [1.807, 2.05) is 30.3 Å². The molecule has 0 aromatic heterocycles. The number of hydrogen-bond acceptors (Lipinski definition) is 5. The van der Waals surface area contributed by atoms with Crippen LogP contribution in [0.2, 0.25) is 0 Å². The molecule has 5 heteroatoms. The maximum absolute atomic E-state index is 13.2. The van der Waals surface area contributed by atoms with Gasteiger partial charge in [0.2, 0.25) is 0 Å². The third-order valence-electron chi connectivity index (χ3n) is 8.24. The van der Waals surface area contributed by atoms with Crippen molar-refractivity contribution in [2.45, 2.75) is 82.8 Å². The summed E-state index contributed by atoms with van der Waals surface area (Å²) in [7, 11) is 1.54. The van der Waals surface area contributed by atoms with Crippen LogP contribution in [-0.2, 0) is 16.0 Å². The molecular formula is C32H38O5. The highest BCUT2D eigenvalue weighted by atomic mass is 16.5. The number of phenols is 2. The van der Waals surface area contributed by atoms with Gasteiger partial charge in [0.25, 0.3) is 0 Å². The minimum Gasteiger partial charge on any atom is -0.508 e. The zero-order valence-corrected chi connectivity index (χ0v) is 22.0. The molecule has 2 N–H and O–H groups in total. The zero-order chi connectivity index (χ0) is 26.0. The van der Waals surface area contributed by atoms with E-state index in [1.54, 1.807) is 25.3 Å². The zero-order valence-electron chi connectivity index (χ0n) is 22.0. The molecule has 3 aromatic rings. The Labute approximate surface area is 219 Å². The van der Waals surface area contributed by atoms with Crippen molar-refractivity contribution in [3.05, 3.63) is 54.1 Å². The van der Waals surface area contributed by atoms with E-state index in [0.29, 0.717) is 30.9 Å². The molecule has 0 radical (unpaired) electrons. The maximum Gasteiger partial charge on any atom is 0.168 e. The number of methoxy groups -OCH3 is 1. The van der Waals surface area contributed by atoms with Gasteiger partial charge in [0.1, 0.15) is 11.5 Å². The van der Waals surface area contributed by atoms with E-state index in [9.17, 15) is 15.0 Å². The summed E-state index contributed by atoms with van der Waals surface area (Å²) < 4.78 is 12.2. The highest BCUT2D eigenvalue weighted by Crippen LogP contribution is 2.44. The third kappa shape index (κ3) is 5.62. The maximum atomic E-state index is 13.2. The van der Waals surface area contributed by atoms with Gasteiger partial charge in [-0.2, -0.15) is 0 Å². The van der Waals surface area contributed by atoms with Gasteiger partial charge in [-0.1, -0.05) is 50.5 Å². The lowest BCUT2D eigenvalue weighted by atomic mass is 9.75. The summed E-state index contributed by atoms with van der Waals surface area (Å²) in [5.41, 5.74) is 2.59. The first-order valence-corrected chi connectivity index (χ1v) is 13.7. The summed E-state index contributed by atoms with van der Waals surface area (Å²) in [5, 5.41) is 22.4. The molecule has 1 heterocycles. The van der Waals surface area contributed by atoms with Crippen molar-refractivity contribution in [1.82, 2.24) is 0 Å². The van der Waals surface area contributed by atoms with Gasteiger partial charge in [-0.3, -0.25) is 4.79 Å². The molecule has 0 bridgehead atoms. The SMILES string of the molecule is COc1c(O)ccc(CCC(=O)CC2CC(C)CC3(CCCCC3)O2)c1-c1ccc2ccc(O)cc2c1. The molecular weight excluding hydrogens is 464 g/mol. The molecule has 196 valence electrons. The summed E-state index contributed by atoms with van der Waals surface area (Å²) in [6, 6.07) is 14.7. The van der Waals surface area contributed by atoms with Crippen LogP contribution in [0.5, 0.6) is 17.2 Å². The van der Waals surface area contributed by atoms with E-state index in [0.717, 1.165) is 53.1 Å². The Morgan fingerprint density at radius 2 is 1.81 bits per heavy atom. The first kappa shape index (κ1) is 25.6. The van der Waals surface area contributed by atoms with Gasteiger partial charge in [-0.25, -0.2) is 0 Å². The number of ketones is 1. The van der Waals surface area contributed by atoms with E-state index in [4.69, 9.17) is 9.47 Å². The molecule has 2 aliphatic rings. The summed E-state index contributed by atoms with van der Waals surface area (Å²) >= 11 is 0. The normalized spacial score (nSPS) is 21.2. The molecule has 1 saturated carbocycles. The summed E-state index contributed by atoms with van der Waals surface area (Å²) in [6.07, 6.45) is 9.52. The predicted molar refractivity (Wildman–Crippen MR) is 146 cm³/mol. The highest BCUT2D eigenvalue weighted by molar-refractivity contribution is 5.90. The van der Waals surface area contributed by atoms with Crippen molar-refractivity contribution in [3.8, 4) is 28.4 Å². The van der Waals surface area contributed by atoms with Crippen LogP contribution in [0, 0.1) is 5.92 Å². The number of Topliss-reactive ketones (excluding diaryl/α,β-unsaturated/α-hetero) is 1. The monoisotopic (exact) mass is 502 g/mol. The molecule has 3 aromatic carbocycles. The van der Waals surface area contributed by atoms with Crippen molar-refractivity contribution >= 4 is 16.6 Å². The smallest absolute Gasteiger partial charge is 0.168 e. The second-order valence-corrected chi connectivity index (χ2v) is 11.2. The van der Waals surface area contributed by atoms with Gasteiger partial charge in [-0.15, -0.1) is 0 Å². The molecule has 2 unspecified atom stereocenters. The molecule has 37 heavy (non-hydrogen) atoms. The number of fused-ring (bicyclic) bond motifs is 1. The van der Waals surface area contributed by atoms with Crippen LogP contribution >= 0.6 is 0 Å². The number of ether oxygens (including phenoxy) is 2. The summed E-state index contributed by atoms with van der Waals surface area (Å²) in [4.78, 5) is 13.2. The van der Waals surface area contributed by atoms with Crippen LogP contribution in [0.4, 0.5) is 0 Å². The molecule has 1 aliphatic carbocycles. The third-order valence-corrected chi connectivity index (χ3v) is 8.24. The van der Waals surface area contributed by atoms with Crippen molar-refractivity contribution in [3.63, 3.8) is 0 Å². The number of phenolic OH excluding ortho intramolecular Hbond substituents is 2. The second-order valence-electron chi connectivity index (χ2n) is 11.2. The number of aromatic hydroxyl groups is 2. The Balaban J connectivity index is 1.34. The number of carbonyl (C=O) groups excluding carboxylic acids is 1. The van der Waals surface area contributed by atoms with Gasteiger partial charge in [0.15, 0.2) is 11.5 Å². The molecule has 2 fully saturated rings. The van der Waals surface area contributed by atoms with Crippen LogP contribution in [0.25, 0.3) is 21.9 Å². The van der Waals surface area contributed by atoms with Crippen molar-refractivity contribution < 1.29 is 24.5 Å². The average molecular weight is 503 g/mol. The fraction of sp³-hybridized carbons (Fsp3) is 0.469. The van der Waals surface area contributed by atoms with Crippen molar-refractivity contribution in [2.24, 2.45) is 5.92 Å². The molecule has 0 amide bonds. The van der Waals surface area contributed by atoms with Crippen LogP contribution in [0.3, 0.4) is 0 Å². The Morgan fingerprint density at radius 3 is 2.59 bits per heavy atom. The predicted octanol–water partition coefficient (Wildman–Crippen LogP) is 7.34. The standard InChI is InChI=1S/C32H38O5/c1-21-16-28(37-32(20-21)14-4-3-5-15-32)19-27(34)12-9-23-10-13-29(35)31(36-2)30(23)24-7-6-22-8-11-26(33)18-25(22)17-24/h6-8,10-11,13,17-18,21,28,33,35H,3-5,9,12,14-16,19-20H2,1-2H3. The van der Waals surface area contributed by atoms with E-state index in [-0.39, 0.29) is 29.0 Å². The van der Waals surface area contributed by atoms with Crippen LogP contribution in [-0.4, -0.2) is 34.8 Å². The molecule has 5 rings (SSSR count). The molecule has 5 nitrogen and oxygen atoms in total. The van der Waals surface area contributed by atoms with E-state index < -0.39 is 0 Å². The molecule has 2 atom stereocenters. The van der Waals surface area contributed by atoms with Crippen LogP contribution < -0.4 is 4.74 Å². The minimum atomic E-state index is -0.0110. The fourth-order valence-corrected chi connectivity index (χ4v) is 6.62. The number of benzene rings is 3.